The second-order valence-corrected chi connectivity index (χ2v) is 15.8. The van der Waals surface area contributed by atoms with Gasteiger partial charge in [0.15, 0.2) is 0 Å². The van der Waals surface area contributed by atoms with E-state index in [1.54, 1.807) is 18.7 Å². The van der Waals surface area contributed by atoms with E-state index in [9.17, 15) is 19.2 Å². The molecule has 6 rings (SSSR count). The van der Waals surface area contributed by atoms with Crippen molar-refractivity contribution < 1.29 is 33.2 Å². The maximum Gasteiger partial charge on any atom is 0.481 e. The molecule has 1 aromatic rings. The van der Waals surface area contributed by atoms with Crippen LogP contribution < -0.4 is 10.6 Å². The summed E-state index contributed by atoms with van der Waals surface area (Å²) in [6, 6.07) is 7.29. The highest BCUT2D eigenvalue weighted by Crippen LogP contribution is 2.65. The van der Waals surface area contributed by atoms with Crippen LogP contribution in [0.3, 0.4) is 0 Å². The highest BCUT2D eigenvalue weighted by atomic mass is 16.7. The van der Waals surface area contributed by atoms with Crippen molar-refractivity contribution in [3.63, 3.8) is 0 Å². The number of hydrogen-bond acceptors (Lipinski definition) is 7. The SMILES string of the molecule is CC[C@H](NC(=O)[C@@H]1CN(CCCc2ccccc2)C(=O)N1C(=O)[C@@H](NC(=O)OCC(C)C)C(C)C)B1O[C@@H]2CC3CC(C3(C)C)[C@]2(C)O1. The zero-order valence-electron chi connectivity index (χ0n) is 30.0. The van der Waals surface area contributed by atoms with Gasteiger partial charge in [-0.1, -0.05) is 78.8 Å². The Bertz CT molecular complexity index is 1340. The average molecular weight is 667 g/mol. The van der Waals surface area contributed by atoms with E-state index in [0.29, 0.717) is 31.2 Å². The fraction of sp³-hybridized carbons (Fsp3) is 0.722. The van der Waals surface area contributed by atoms with E-state index in [1.165, 1.54) is 0 Å². The van der Waals surface area contributed by atoms with Gasteiger partial charge < -0.3 is 29.6 Å². The Morgan fingerprint density at radius 3 is 2.40 bits per heavy atom. The summed E-state index contributed by atoms with van der Waals surface area (Å²) in [6.45, 7) is 16.7. The third-order valence-electron chi connectivity index (χ3n) is 11.3. The Morgan fingerprint density at radius 1 is 1.06 bits per heavy atom. The van der Waals surface area contributed by atoms with Gasteiger partial charge in [0.2, 0.25) is 5.91 Å². The molecular weight excluding hydrogens is 611 g/mol. The van der Waals surface area contributed by atoms with Crippen LogP contribution in [0.1, 0.15) is 86.6 Å². The lowest BCUT2D eigenvalue weighted by Crippen LogP contribution is -2.65. The second-order valence-electron chi connectivity index (χ2n) is 15.8. The van der Waals surface area contributed by atoms with Gasteiger partial charge in [0.05, 0.1) is 30.8 Å². The van der Waals surface area contributed by atoms with Gasteiger partial charge >= 0.3 is 19.2 Å². The Labute approximate surface area is 286 Å². The largest absolute Gasteiger partial charge is 0.481 e. The number of carbonyl (C=O) groups excluding carboxylic acids is 4. The fourth-order valence-electron chi connectivity index (χ4n) is 8.19. The average Bonchev–Trinajstić information content (AvgIpc) is 3.57. The normalized spacial score (nSPS) is 28.6. The molecule has 2 heterocycles. The summed E-state index contributed by atoms with van der Waals surface area (Å²) < 4.78 is 18.4. The van der Waals surface area contributed by atoms with E-state index in [4.69, 9.17) is 14.0 Å². The first-order valence-corrected chi connectivity index (χ1v) is 17.9. The smallest absolute Gasteiger partial charge is 0.449 e. The van der Waals surface area contributed by atoms with E-state index in [0.717, 1.165) is 29.7 Å². The summed E-state index contributed by atoms with van der Waals surface area (Å²) in [5, 5.41) is 5.76. The van der Waals surface area contributed by atoms with E-state index in [2.05, 4.69) is 31.4 Å². The minimum atomic E-state index is -1.09. The van der Waals surface area contributed by atoms with Crippen molar-refractivity contribution in [1.82, 2.24) is 20.4 Å². The number of hydrogen-bond donors (Lipinski definition) is 2. The van der Waals surface area contributed by atoms with Crippen molar-refractivity contribution in [2.75, 3.05) is 19.7 Å². The molecule has 2 bridgehead atoms. The first-order chi connectivity index (χ1) is 22.7. The van der Waals surface area contributed by atoms with Crippen LogP contribution >= 0.6 is 0 Å². The van der Waals surface area contributed by atoms with Gasteiger partial charge in [0.25, 0.3) is 5.91 Å². The first kappa shape index (κ1) is 36.2. The van der Waals surface area contributed by atoms with E-state index in [1.807, 2.05) is 51.1 Å². The predicted molar refractivity (Wildman–Crippen MR) is 183 cm³/mol. The van der Waals surface area contributed by atoms with Crippen LogP contribution in [0.5, 0.6) is 0 Å². The summed E-state index contributed by atoms with van der Waals surface area (Å²) in [6.07, 6.45) is 3.24. The van der Waals surface area contributed by atoms with Crippen molar-refractivity contribution in [1.29, 1.82) is 0 Å². The van der Waals surface area contributed by atoms with E-state index < -0.39 is 54.7 Å². The van der Waals surface area contributed by atoms with Crippen LogP contribution in [0, 0.1) is 29.1 Å². The van der Waals surface area contributed by atoms with Crippen molar-refractivity contribution >= 4 is 31.1 Å². The molecule has 11 nitrogen and oxygen atoms in total. The number of urea groups is 1. The van der Waals surface area contributed by atoms with Gasteiger partial charge in [-0.3, -0.25) is 9.59 Å². The monoisotopic (exact) mass is 666 g/mol. The van der Waals surface area contributed by atoms with Gasteiger partial charge in [-0.15, -0.1) is 0 Å². The number of benzene rings is 1. The molecule has 48 heavy (non-hydrogen) atoms. The molecule has 264 valence electrons. The zero-order valence-corrected chi connectivity index (χ0v) is 30.0. The number of aryl methyl sites for hydroxylation is 1. The summed E-state index contributed by atoms with van der Waals surface area (Å²) >= 11 is 0. The number of rotatable bonds is 13. The number of amides is 5. The standard InChI is InChI=1S/C36H55BN4O7/c1-9-29(37-47-28-19-25-18-27(35(25,6)7)36(28,8)48-37)38-31(42)26-20-40(17-13-16-24-14-11-10-12-15-24)34(45)41(26)32(43)30(23(4)5)39-33(44)46-21-22(2)3/h10-12,14-15,22-23,25-30H,9,13,16-21H2,1-8H3,(H,38,42)(H,39,44)/t25?,26-,27?,28+,29-,30-,36-/m0/s1. The van der Waals surface area contributed by atoms with Crippen LogP contribution in [0.25, 0.3) is 0 Å². The van der Waals surface area contributed by atoms with E-state index in [-0.39, 0.29) is 36.5 Å². The summed E-state index contributed by atoms with van der Waals surface area (Å²) in [5.41, 5.74) is 0.904. The lowest BCUT2D eigenvalue weighted by molar-refractivity contribution is -0.199. The number of ether oxygens (including phenoxy) is 1. The van der Waals surface area contributed by atoms with Crippen LogP contribution in [-0.4, -0.2) is 90.3 Å². The molecule has 2 unspecified atom stereocenters. The van der Waals surface area contributed by atoms with Gasteiger partial charge in [-0.05, 0) is 73.7 Å². The minimum Gasteiger partial charge on any atom is -0.449 e. The molecule has 5 aliphatic rings. The Hall–Kier alpha value is -3.12. The van der Waals surface area contributed by atoms with Gasteiger partial charge in [-0.25, -0.2) is 14.5 Å². The molecule has 1 aromatic carbocycles. The molecule has 2 aliphatic heterocycles. The van der Waals surface area contributed by atoms with Crippen molar-refractivity contribution in [2.24, 2.45) is 29.1 Å². The lowest BCUT2D eigenvalue weighted by Gasteiger charge is -2.64. The van der Waals surface area contributed by atoms with Crippen LogP contribution in [0.4, 0.5) is 9.59 Å². The number of alkyl carbamates (subject to hydrolysis) is 1. The molecular formula is C36H55BN4O7. The molecule has 0 radical (unpaired) electrons. The number of imide groups is 1. The molecule has 0 aromatic heterocycles. The van der Waals surface area contributed by atoms with Crippen LogP contribution in [0.2, 0.25) is 0 Å². The number of nitrogens with one attached hydrogen (secondary N) is 2. The number of carbonyl (C=O) groups is 4. The lowest BCUT2D eigenvalue weighted by atomic mass is 9.43. The second kappa shape index (κ2) is 14.4. The third-order valence-corrected chi connectivity index (χ3v) is 11.3. The van der Waals surface area contributed by atoms with Crippen LogP contribution in [-0.2, 0) is 30.1 Å². The Kier molecular flexibility index (Phi) is 10.8. The molecule has 12 heteroatoms. The maximum atomic E-state index is 14.1. The quantitative estimate of drug-likeness (QED) is 0.289. The molecule has 0 spiro atoms. The number of nitrogens with zero attached hydrogens (tertiary/aromatic N) is 2. The molecule has 2 saturated heterocycles. The summed E-state index contributed by atoms with van der Waals surface area (Å²) in [4.78, 5) is 57.4. The minimum absolute atomic E-state index is 0.0372. The molecule has 5 amide bonds. The van der Waals surface area contributed by atoms with Crippen molar-refractivity contribution in [3.8, 4) is 0 Å². The highest BCUT2D eigenvalue weighted by Gasteiger charge is 2.68. The molecule has 5 fully saturated rings. The molecule has 3 aliphatic carbocycles. The molecule has 3 saturated carbocycles. The maximum absolute atomic E-state index is 14.1. The summed E-state index contributed by atoms with van der Waals surface area (Å²) in [5.74, 6) is -0.824. The van der Waals surface area contributed by atoms with Crippen molar-refractivity contribution in [2.45, 2.75) is 117 Å². The van der Waals surface area contributed by atoms with E-state index >= 15 is 0 Å². The predicted octanol–water partition coefficient (Wildman–Crippen LogP) is 4.82. The summed E-state index contributed by atoms with van der Waals surface area (Å²) in [7, 11) is -0.631. The topological polar surface area (TPSA) is 127 Å². The van der Waals surface area contributed by atoms with Gasteiger partial charge in [0.1, 0.15) is 12.1 Å². The highest BCUT2D eigenvalue weighted by molar-refractivity contribution is 6.48. The van der Waals surface area contributed by atoms with Crippen molar-refractivity contribution in [3.05, 3.63) is 35.9 Å². The van der Waals surface area contributed by atoms with Crippen LogP contribution in [0.15, 0.2) is 30.3 Å². The van der Waals surface area contributed by atoms with Gasteiger partial charge in [-0.2, -0.15) is 0 Å². The molecule has 2 N–H and O–H groups in total. The third kappa shape index (κ3) is 7.11. The fourth-order valence-corrected chi connectivity index (χ4v) is 8.19. The zero-order chi connectivity index (χ0) is 35.0. The molecule has 7 atom stereocenters. The van der Waals surface area contributed by atoms with Gasteiger partial charge in [0, 0.05) is 6.54 Å². The Morgan fingerprint density at radius 2 is 1.77 bits per heavy atom. The first-order valence-electron chi connectivity index (χ1n) is 17.9. The Balaban J connectivity index is 1.32.